The van der Waals surface area contributed by atoms with E-state index in [1.54, 1.807) is 11.0 Å². The summed E-state index contributed by atoms with van der Waals surface area (Å²) < 4.78 is 1.79. The normalized spacial score (nSPS) is 14.1. The van der Waals surface area contributed by atoms with Crippen molar-refractivity contribution in [3.05, 3.63) is 48.5 Å². The van der Waals surface area contributed by atoms with Crippen LogP contribution >= 0.6 is 0 Å². The van der Waals surface area contributed by atoms with Gasteiger partial charge in [0.15, 0.2) is 0 Å². The van der Waals surface area contributed by atoms with Gasteiger partial charge < -0.3 is 10.4 Å². The molecule has 0 spiro atoms. The fraction of sp³-hybridized carbons (Fsp3) is 0.467. The van der Waals surface area contributed by atoms with Crippen molar-refractivity contribution in [3.63, 3.8) is 0 Å². The standard InChI is InChI=1S/C15H22N4O/c1-2-9-17-15(11-20,14-6-4-3-5-7-14)8-10-19-13-16-12-18-19/h3-7,12-13,17,20H,2,8-11H2,1H3. The Hall–Kier alpha value is -1.72. The summed E-state index contributed by atoms with van der Waals surface area (Å²) in [5.74, 6) is 0. The van der Waals surface area contributed by atoms with Gasteiger partial charge in [0.25, 0.3) is 0 Å². The van der Waals surface area contributed by atoms with Crippen LogP contribution < -0.4 is 5.32 Å². The first kappa shape index (κ1) is 14.7. The Labute approximate surface area is 119 Å². The largest absolute Gasteiger partial charge is 0.394 e. The maximum Gasteiger partial charge on any atom is 0.137 e. The summed E-state index contributed by atoms with van der Waals surface area (Å²) in [5.41, 5.74) is 0.680. The zero-order valence-electron chi connectivity index (χ0n) is 11.9. The third-order valence-electron chi connectivity index (χ3n) is 3.54. The van der Waals surface area contributed by atoms with E-state index < -0.39 is 5.54 Å². The van der Waals surface area contributed by atoms with Gasteiger partial charge in [-0.15, -0.1) is 0 Å². The van der Waals surface area contributed by atoms with Gasteiger partial charge >= 0.3 is 0 Å². The summed E-state index contributed by atoms with van der Waals surface area (Å²) in [4.78, 5) is 3.95. The Bertz CT molecular complexity index is 486. The number of rotatable bonds is 8. The minimum Gasteiger partial charge on any atom is -0.394 e. The number of aliphatic hydroxyl groups excluding tert-OH is 1. The molecule has 0 saturated carbocycles. The van der Waals surface area contributed by atoms with Crippen LogP contribution in [0.5, 0.6) is 0 Å². The van der Waals surface area contributed by atoms with E-state index in [-0.39, 0.29) is 6.61 Å². The number of benzene rings is 1. The second-order valence-corrected chi connectivity index (χ2v) is 4.94. The second-order valence-electron chi connectivity index (χ2n) is 4.94. The van der Waals surface area contributed by atoms with Gasteiger partial charge in [0.1, 0.15) is 12.7 Å². The van der Waals surface area contributed by atoms with Crippen LogP contribution in [0.2, 0.25) is 0 Å². The van der Waals surface area contributed by atoms with Crippen molar-refractivity contribution in [2.24, 2.45) is 0 Å². The molecule has 2 aromatic rings. The summed E-state index contributed by atoms with van der Waals surface area (Å²) in [6.07, 6.45) is 5.02. The zero-order valence-corrected chi connectivity index (χ0v) is 11.9. The van der Waals surface area contributed by atoms with E-state index in [1.165, 1.54) is 6.33 Å². The predicted molar refractivity (Wildman–Crippen MR) is 78.1 cm³/mol. The molecule has 2 N–H and O–H groups in total. The quantitative estimate of drug-likeness (QED) is 0.767. The van der Waals surface area contributed by atoms with Crippen LogP contribution in [0.15, 0.2) is 43.0 Å². The summed E-state index contributed by atoms with van der Waals surface area (Å²) in [6, 6.07) is 10.1. The Morgan fingerprint density at radius 3 is 2.70 bits per heavy atom. The first-order valence-corrected chi connectivity index (χ1v) is 7.04. The molecule has 2 rings (SSSR count). The van der Waals surface area contributed by atoms with Crippen LogP contribution in [0, 0.1) is 0 Å². The van der Waals surface area contributed by atoms with Crippen molar-refractivity contribution in [1.29, 1.82) is 0 Å². The minimum atomic E-state index is -0.427. The highest BCUT2D eigenvalue weighted by Gasteiger charge is 2.30. The lowest BCUT2D eigenvalue weighted by atomic mass is 9.87. The van der Waals surface area contributed by atoms with E-state index in [0.29, 0.717) is 6.54 Å². The highest BCUT2D eigenvalue weighted by Crippen LogP contribution is 2.25. The molecular formula is C15H22N4O. The van der Waals surface area contributed by atoms with Gasteiger partial charge in [-0.3, -0.25) is 4.68 Å². The van der Waals surface area contributed by atoms with Crippen LogP contribution in [-0.2, 0) is 12.1 Å². The number of hydrogen-bond acceptors (Lipinski definition) is 4. The molecule has 0 aliphatic heterocycles. The first-order chi connectivity index (χ1) is 9.80. The molecule has 0 fully saturated rings. The van der Waals surface area contributed by atoms with Crippen molar-refractivity contribution in [2.45, 2.75) is 31.8 Å². The molecule has 0 aliphatic carbocycles. The number of aliphatic hydroxyl groups is 1. The van der Waals surface area contributed by atoms with Gasteiger partial charge in [-0.2, -0.15) is 5.10 Å². The van der Waals surface area contributed by atoms with E-state index in [4.69, 9.17) is 0 Å². The van der Waals surface area contributed by atoms with Crippen molar-refractivity contribution in [2.75, 3.05) is 13.2 Å². The lowest BCUT2D eigenvalue weighted by molar-refractivity contribution is 0.144. The summed E-state index contributed by atoms with van der Waals surface area (Å²) in [6.45, 7) is 3.77. The zero-order chi connectivity index (χ0) is 14.3. The van der Waals surface area contributed by atoms with Gasteiger partial charge in [0, 0.05) is 6.54 Å². The van der Waals surface area contributed by atoms with E-state index >= 15 is 0 Å². The topological polar surface area (TPSA) is 63.0 Å². The van der Waals surface area contributed by atoms with Gasteiger partial charge in [-0.1, -0.05) is 37.3 Å². The van der Waals surface area contributed by atoms with Crippen LogP contribution in [0.25, 0.3) is 0 Å². The molecule has 1 heterocycles. The molecule has 5 heteroatoms. The first-order valence-electron chi connectivity index (χ1n) is 7.04. The lowest BCUT2D eigenvalue weighted by Gasteiger charge is -2.34. The molecule has 0 saturated heterocycles. The Morgan fingerprint density at radius 2 is 2.10 bits per heavy atom. The lowest BCUT2D eigenvalue weighted by Crippen LogP contribution is -2.46. The van der Waals surface area contributed by atoms with Crippen LogP contribution in [0.4, 0.5) is 0 Å². The molecule has 0 bridgehead atoms. The Kier molecular flexibility index (Phi) is 5.26. The predicted octanol–water partition coefficient (Wildman–Crippen LogP) is 1.56. The molecule has 0 amide bonds. The van der Waals surface area contributed by atoms with Crippen LogP contribution in [0.1, 0.15) is 25.3 Å². The second kappa shape index (κ2) is 7.17. The smallest absolute Gasteiger partial charge is 0.137 e. The monoisotopic (exact) mass is 274 g/mol. The average molecular weight is 274 g/mol. The van der Waals surface area contributed by atoms with E-state index in [1.807, 2.05) is 18.2 Å². The third kappa shape index (κ3) is 3.43. The summed E-state index contributed by atoms with van der Waals surface area (Å²) >= 11 is 0. The molecule has 20 heavy (non-hydrogen) atoms. The van der Waals surface area contributed by atoms with Crippen LogP contribution in [0.3, 0.4) is 0 Å². The van der Waals surface area contributed by atoms with E-state index in [9.17, 15) is 5.11 Å². The van der Waals surface area contributed by atoms with Crippen molar-refractivity contribution >= 4 is 0 Å². The Morgan fingerprint density at radius 1 is 1.30 bits per heavy atom. The van der Waals surface area contributed by atoms with Crippen molar-refractivity contribution in [3.8, 4) is 0 Å². The maximum absolute atomic E-state index is 9.98. The molecule has 1 unspecified atom stereocenters. The van der Waals surface area contributed by atoms with Gasteiger partial charge in [0.2, 0.25) is 0 Å². The third-order valence-corrected chi connectivity index (χ3v) is 3.54. The minimum absolute atomic E-state index is 0.0612. The SMILES string of the molecule is CCCNC(CO)(CCn1cncn1)c1ccccc1. The molecule has 1 atom stereocenters. The fourth-order valence-corrected chi connectivity index (χ4v) is 2.34. The summed E-state index contributed by atoms with van der Waals surface area (Å²) in [5, 5.41) is 17.6. The molecule has 0 radical (unpaired) electrons. The van der Waals surface area contributed by atoms with Crippen molar-refractivity contribution in [1.82, 2.24) is 20.1 Å². The van der Waals surface area contributed by atoms with Gasteiger partial charge in [-0.05, 0) is 24.9 Å². The average Bonchev–Trinajstić information content (AvgIpc) is 3.02. The number of nitrogens with zero attached hydrogens (tertiary/aromatic N) is 3. The number of hydrogen-bond donors (Lipinski definition) is 2. The fourth-order valence-electron chi connectivity index (χ4n) is 2.34. The van der Waals surface area contributed by atoms with E-state index in [0.717, 1.165) is 24.9 Å². The van der Waals surface area contributed by atoms with E-state index in [2.05, 4.69) is 34.5 Å². The van der Waals surface area contributed by atoms with Crippen molar-refractivity contribution < 1.29 is 5.11 Å². The molecule has 108 valence electrons. The molecule has 0 aliphatic rings. The molecule has 5 nitrogen and oxygen atoms in total. The molecule has 1 aromatic carbocycles. The Balaban J connectivity index is 2.17. The molecule has 1 aromatic heterocycles. The number of aromatic nitrogens is 3. The number of nitrogens with one attached hydrogen (secondary N) is 1. The highest BCUT2D eigenvalue weighted by atomic mass is 16.3. The number of aryl methyl sites for hydroxylation is 1. The highest BCUT2D eigenvalue weighted by molar-refractivity contribution is 5.24. The maximum atomic E-state index is 9.98. The molecular weight excluding hydrogens is 252 g/mol. The van der Waals surface area contributed by atoms with Gasteiger partial charge in [0.05, 0.1) is 12.1 Å². The van der Waals surface area contributed by atoms with Gasteiger partial charge in [-0.25, -0.2) is 4.98 Å². The van der Waals surface area contributed by atoms with Crippen LogP contribution in [-0.4, -0.2) is 33.0 Å². The summed E-state index contributed by atoms with van der Waals surface area (Å²) in [7, 11) is 0.